The Morgan fingerprint density at radius 2 is 1.90 bits per heavy atom. The third-order valence-electron chi connectivity index (χ3n) is 2.63. The van der Waals surface area contributed by atoms with Gasteiger partial charge in [-0.3, -0.25) is 4.79 Å². The van der Waals surface area contributed by atoms with Gasteiger partial charge in [0, 0.05) is 5.56 Å². The van der Waals surface area contributed by atoms with E-state index in [1.165, 1.54) is 12.1 Å². The van der Waals surface area contributed by atoms with Gasteiger partial charge in [0.05, 0.1) is 17.8 Å². The van der Waals surface area contributed by atoms with Crippen LogP contribution in [0.25, 0.3) is 11.3 Å². The van der Waals surface area contributed by atoms with Crippen LogP contribution in [-0.2, 0) is 19.4 Å². The Hall–Kier alpha value is -2.08. The first-order chi connectivity index (χ1) is 9.53. The van der Waals surface area contributed by atoms with Crippen LogP contribution in [0.4, 0.5) is 0 Å². The highest BCUT2D eigenvalue weighted by Crippen LogP contribution is 2.22. The standard InChI is InChI=1S/C14H14O5S/c1-2-18-14(15)10-20(16,17)12-7-5-11(6-8-12)13-4-3-9-19-13/h3-9H,2,10H2,1H3. The van der Waals surface area contributed by atoms with Gasteiger partial charge in [0.1, 0.15) is 5.76 Å². The third kappa shape index (κ3) is 3.27. The molecule has 0 saturated carbocycles. The number of hydrogen-bond acceptors (Lipinski definition) is 5. The van der Waals surface area contributed by atoms with Crippen molar-refractivity contribution in [2.24, 2.45) is 0 Å². The van der Waals surface area contributed by atoms with Crippen LogP contribution >= 0.6 is 0 Å². The summed E-state index contributed by atoms with van der Waals surface area (Å²) in [5.41, 5.74) is 0.769. The van der Waals surface area contributed by atoms with Crippen molar-refractivity contribution < 1.29 is 22.4 Å². The molecule has 0 radical (unpaired) electrons. The minimum Gasteiger partial charge on any atom is -0.465 e. The van der Waals surface area contributed by atoms with Crippen LogP contribution in [0.15, 0.2) is 52.0 Å². The summed E-state index contributed by atoms with van der Waals surface area (Å²) in [6.45, 7) is 1.79. The second-order valence-electron chi connectivity index (χ2n) is 4.07. The van der Waals surface area contributed by atoms with Gasteiger partial charge in [-0.25, -0.2) is 8.42 Å². The van der Waals surface area contributed by atoms with E-state index in [1.54, 1.807) is 37.5 Å². The van der Waals surface area contributed by atoms with Crippen LogP contribution < -0.4 is 0 Å². The molecule has 2 rings (SSSR count). The predicted octanol–water partition coefficient (Wildman–Crippen LogP) is 2.28. The molecule has 0 bridgehead atoms. The second-order valence-corrected chi connectivity index (χ2v) is 6.06. The Bertz CT molecular complexity index is 669. The zero-order valence-electron chi connectivity index (χ0n) is 10.9. The third-order valence-corrected chi connectivity index (χ3v) is 4.24. The minimum atomic E-state index is -3.67. The number of rotatable bonds is 5. The largest absolute Gasteiger partial charge is 0.465 e. The lowest BCUT2D eigenvalue weighted by molar-refractivity contribution is -0.139. The zero-order chi connectivity index (χ0) is 14.6. The van der Waals surface area contributed by atoms with Crippen LogP contribution in [0.2, 0.25) is 0 Å². The maximum Gasteiger partial charge on any atom is 0.321 e. The Balaban J connectivity index is 2.19. The van der Waals surface area contributed by atoms with Gasteiger partial charge in [-0.15, -0.1) is 0 Å². The first-order valence-electron chi connectivity index (χ1n) is 6.05. The van der Waals surface area contributed by atoms with Crippen molar-refractivity contribution in [3.05, 3.63) is 42.7 Å². The lowest BCUT2D eigenvalue weighted by atomic mass is 10.2. The highest BCUT2D eigenvalue weighted by Gasteiger charge is 2.20. The topological polar surface area (TPSA) is 73.6 Å². The van der Waals surface area contributed by atoms with Crippen molar-refractivity contribution in [1.82, 2.24) is 0 Å². The summed E-state index contributed by atoms with van der Waals surface area (Å²) in [7, 11) is -3.67. The molecule has 0 aliphatic heterocycles. The van der Waals surface area contributed by atoms with E-state index in [4.69, 9.17) is 4.42 Å². The Morgan fingerprint density at radius 1 is 1.20 bits per heavy atom. The molecule has 0 atom stereocenters. The quantitative estimate of drug-likeness (QED) is 0.791. The van der Waals surface area contributed by atoms with Crippen LogP contribution in [0.5, 0.6) is 0 Å². The number of benzene rings is 1. The number of ether oxygens (including phenoxy) is 1. The summed E-state index contributed by atoms with van der Waals surface area (Å²) < 4.78 is 33.8. The average molecular weight is 294 g/mol. The van der Waals surface area contributed by atoms with E-state index in [1.807, 2.05) is 0 Å². The van der Waals surface area contributed by atoms with E-state index >= 15 is 0 Å². The number of furan rings is 1. The van der Waals surface area contributed by atoms with Crippen molar-refractivity contribution in [3.63, 3.8) is 0 Å². The van der Waals surface area contributed by atoms with E-state index in [0.29, 0.717) is 5.76 Å². The van der Waals surface area contributed by atoms with Gasteiger partial charge in [0.15, 0.2) is 15.6 Å². The molecule has 106 valence electrons. The summed E-state index contributed by atoms with van der Waals surface area (Å²) in [5.74, 6) is -0.747. The minimum absolute atomic E-state index is 0.0841. The smallest absolute Gasteiger partial charge is 0.321 e. The fourth-order valence-electron chi connectivity index (χ4n) is 1.71. The highest BCUT2D eigenvalue weighted by molar-refractivity contribution is 7.92. The molecule has 0 saturated heterocycles. The van der Waals surface area contributed by atoms with Gasteiger partial charge in [-0.05, 0) is 43.3 Å². The monoisotopic (exact) mass is 294 g/mol. The van der Waals surface area contributed by atoms with Crippen molar-refractivity contribution in [1.29, 1.82) is 0 Å². The SMILES string of the molecule is CCOC(=O)CS(=O)(=O)c1ccc(-c2ccco2)cc1. The van der Waals surface area contributed by atoms with Gasteiger partial charge in [0.2, 0.25) is 0 Å². The summed E-state index contributed by atoms with van der Waals surface area (Å²) >= 11 is 0. The normalized spacial score (nSPS) is 11.2. The Labute approximate surface area is 117 Å². The molecule has 1 aromatic carbocycles. The molecule has 0 N–H and O–H groups in total. The second kappa shape index (κ2) is 5.92. The number of carbonyl (C=O) groups is 1. The molecule has 6 heteroatoms. The molecule has 1 aromatic heterocycles. The predicted molar refractivity (Wildman–Crippen MR) is 72.8 cm³/mol. The van der Waals surface area contributed by atoms with Crippen molar-refractivity contribution in [2.75, 3.05) is 12.4 Å². The summed E-state index contributed by atoms with van der Waals surface area (Å²) in [5, 5.41) is 0. The van der Waals surface area contributed by atoms with E-state index < -0.39 is 21.6 Å². The number of carbonyl (C=O) groups excluding carboxylic acids is 1. The van der Waals surface area contributed by atoms with E-state index in [0.717, 1.165) is 5.56 Å². The Kier molecular flexibility index (Phi) is 4.24. The fraction of sp³-hybridized carbons (Fsp3) is 0.214. The molecule has 0 amide bonds. The average Bonchev–Trinajstić information content (AvgIpc) is 2.92. The van der Waals surface area contributed by atoms with Crippen LogP contribution in [0.3, 0.4) is 0 Å². The van der Waals surface area contributed by atoms with Gasteiger partial charge in [-0.2, -0.15) is 0 Å². The Morgan fingerprint density at radius 3 is 2.45 bits per heavy atom. The van der Waals surface area contributed by atoms with Gasteiger partial charge >= 0.3 is 5.97 Å². The van der Waals surface area contributed by atoms with Gasteiger partial charge in [-0.1, -0.05) is 0 Å². The van der Waals surface area contributed by atoms with Crippen molar-refractivity contribution >= 4 is 15.8 Å². The summed E-state index contributed by atoms with van der Waals surface area (Å²) in [6, 6.07) is 9.70. The lowest BCUT2D eigenvalue weighted by Gasteiger charge is -2.05. The number of sulfone groups is 1. The molecule has 0 aliphatic rings. The number of hydrogen-bond donors (Lipinski definition) is 0. The van der Waals surface area contributed by atoms with Crippen LogP contribution in [0.1, 0.15) is 6.92 Å². The molecule has 0 spiro atoms. The lowest BCUT2D eigenvalue weighted by Crippen LogP contribution is -2.18. The first kappa shape index (κ1) is 14.3. The van der Waals surface area contributed by atoms with Gasteiger partial charge in [0.25, 0.3) is 0 Å². The van der Waals surface area contributed by atoms with Crippen molar-refractivity contribution in [2.45, 2.75) is 11.8 Å². The van der Waals surface area contributed by atoms with E-state index in [9.17, 15) is 13.2 Å². The van der Waals surface area contributed by atoms with E-state index in [2.05, 4.69) is 4.74 Å². The maximum absolute atomic E-state index is 12.0. The molecule has 1 heterocycles. The molecule has 5 nitrogen and oxygen atoms in total. The molecule has 0 unspecified atom stereocenters. The molecule has 20 heavy (non-hydrogen) atoms. The molecular weight excluding hydrogens is 280 g/mol. The molecule has 2 aromatic rings. The summed E-state index contributed by atoms with van der Waals surface area (Å²) in [4.78, 5) is 11.4. The molecule has 0 aliphatic carbocycles. The maximum atomic E-state index is 12.0. The van der Waals surface area contributed by atoms with E-state index in [-0.39, 0.29) is 11.5 Å². The summed E-state index contributed by atoms with van der Waals surface area (Å²) in [6.07, 6.45) is 1.54. The highest BCUT2D eigenvalue weighted by atomic mass is 32.2. The molecule has 0 fully saturated rings. The first-order valence-corrected chi connectivity index (χ1v) is 7.70. The van der Waals surface area contributed by atoms with Crippen molar-refractivity contribution in [3.8, 4) is 11.3 Å². The zero-order valence-corrected chi connectivity index (χ0v) is 11.7. The van der Waals surface area contributed by atoms with Crippen LogP contribution in [-0.4, -0.2) is 26.7 Å². The number of esters is 1. The fourth-order valence-corrected chi connectivity index (χ4v) is 2.82. The van der Waals surface area contributed by atoms with Crippen LogP contribution in [0, 0.1) is 0 Å². The van der Waals surface area contributed by atoms with Gasteiger partial charge < -0.3 is 9.15 Å². The molecular formula is C14H14O5S.